The van der Waals surface area contributed by atoms with Crippen molar-refractivity contribution >= 4 is 6.29 Å². The van der Waals surface area contributed by atoms with Gasteiger partial charge in [0.15, 0.2) is 12.6 Å². The van der Waals surface area contributed by atoms with Crippen LogP contribution in [-0.4, -0.2) is 43.3 Å². The van der Waals surface area contributed by atoms with E-state index in [4.69, 9.17) is 18.9 Å². The Morgan fingerprint density at radius 2 is 1.53 bits per heavy atom. The molecular weight excluding hydrogens is 968 g/mol. The van der Waals surface area contributed by atoms with E-state index in [-0.39, 0.29) is 132 Å². The predicted molar refractivity (Wildman–Crippen MR) is 210 cm³/mol. The molecule has 5 aliphatic carbocycles. The second kappa shape index (κ2) is 18.9. The molecule has 18 atom stereocenters. The molecule has 0 aromatic rings. The third kappa shape index (κ3) is 8.70. The van der Waals surface area contributed by atoms with Crippen LogP contribution in [0.4, 0.5) is 0 Å². The third-order valence-corrected chi connectivity index (χ3v) is 17.7. The molecule has 0 aromatic heterocycles. The minimum atomic E-state index is -0.400. The molecule has 2 heterocycles. The summed E-state index contributed by atoms with van der Waals surface area (Å²) in [6, 6.07) is 0. The minimum Gasteiger partial charge on any atom is -0.544 e. The Hall–Kier alpha value is 1.63. The number of ether oxygens (including phenoxy) is 4. The maximum atomic E-state index is 12.6. The molecule has 4 saturated carbocycles. The molecule has 6 fully saturated rings. The van der Waals surface area contributed by atoms with E-state index in [1.165, 1.54) is 25.2 Å². The Bertz CT molecular complexity index is 1330. The Morgan fingerprint density at radius 3 is 2.18 bits per heavy atom. The van der Waals surface area contributed by atoms with Crippen molar-refractivity contribution in [1.82, 2.24) is 0 Å². The standard InChI is InChI=1S/C46H73O5.CH3.V.W.Y/c1-13-37-28(4)26(2)30(6)41(49-37)51-40-29(5)27(3)32(8)48-42(40)50-38-18-20-44(11)34(31(38)7)16-19-45(12)35-17-21-46(25-47)23-22-43(9,10)24-36(46)33(35)14-15-39(44)45;;;;/h14,21,26-30,32,34-42H,13,15-20,22-24H2,1-12H3;1H3;;;/q-3;-1;;;/t26-,27-,28+,29-,30?,32?,34-,35+,36?,37?,38-,39?,40?,41-,42-,44?,45+,46-;;;;/m0..../s1. The molecule has 8 heteroatoms. The summed E-state index contributed by atoms with van der Waals surface area (Å²) in [5, 5.41) is 0. The van der Waals surface area contributed by atoms with E-state index >= 15 is 0 Å². The van der Waals surface area contributed by atoms with Gasteiger partial charge in [-0.1, -0.05) is 124 Å². The van der Waals surface area contributed by atoms with E-state index in [2.05, 4.69) is 102 Å². The molecule has 0 spiro atoms. The molecule has 0 bridgehead atoms. The first kappa shape index (κ1) is 51.0. The van der Waals surface area contributed by atoms with E-state index in [1.54, 1.807) is 5.57 Å². The number of hydrogen-bond acceptors (Lipinski definition) is 5. The zero-order chi connectivity index (χ0) is 36.8. The van der Waals surface area contributed by atoms with E-state index in [0.29, 0.717) is 53.3 Å². The van der Waals surface area contributed by atoms with Gasteiger partial charge in [-0.25, -0.2) is 0 Å². The zero-order valence-corrected chi connectivity index (χ0v) is 44.0. The third-order valence-electron chi connectivity index (χ3n) is 17.7. The predicted octanol–water partition coefficient (Wildman–Crippen LogP) is 11.2. The van der Waals surface area contributed by atoms with Crippen LogP contribution in [0, 0.1) is 94.7 Å². The smallest absolute Gasteiger partial charge is 0.182 e. The molecule has 312 valence electrons. The van der Waals surface area contributed by atoms with Crippen molar-refractivity contribution in [3.05, 3.63) is 31.4 Å². The Kier molecular flexibility index (Phi) is 17.6. The molecule has 55 heavy (non-hydrogen) atoms. The molecule has 0 aromatic carbocycles. The summed E-state index contributed by atoms with van der Waals surface area (Å²) in [6.45, 7) is 28.6. The van der Waals surface area contributed by atoms with Gasteiger partial charge in [0.2, 0.25) is 0 Å². The van der Waals surface area contributed by atoms with E-state index < -0.39 is 6.29 Å². The summed E-state index contributed by atoms with van der Waals surface area (Å²) >= 11 is 0. The summed E-state index contributed by atoms with van der Waals surface area (Å²) in [4.78, 5) is 12.6. The fourth-order valence-corrected chi connectivity index (χ4v) is 13.5. The van der Waals surface area contributed by atoms with E-state index in [1.807, 2.05) is 0 Å². The first-order valence-corrected chi connectivity index (χ1v) is 21.4. The van der Waals surface area contributed by atoms with Crippen LogP contribution in [0.1, 0.15) is 147 Å². The summed E-state index contributed by atoms with van der Waals surface area (Å²) in [6.07, 6.45) is 18.4. The second-order valence-electron chi connectivity index (χ2n) is 20.6. The van der Waals surface area contributed by atoms with E-state index in [0.717, 1.165) is 44.9 Å². The Morgan fingerprint density at radius 1 is 0.855 bits per heavy atom. The average Bonchev–Trinajstić information content (AvgIpc) is 3.09. The van der Waals surface area contributed by atoms with Gasteiger partial charge in [0.1, 0.15) is 6.10 Å². The molecule has 5 nitrogen and oxygen atoms in total. The van der Waals surface area contributed by atoms with Gasteiger partial charge in [0.05, 0.1) is 12.2 Å². The van der Waals surface area contributed by atoms with Crippen molar-refractivity contribution in [2.24, 2.45) is 74.9 Å². The van der Waals surface area contributed by atoms with Gasteiger partial charge in [-0.2, -0.15) is 19.3 Å². The van der Waals surface area contributed by atoms with Crippen LogP contribution in [0.15, 0.2) is 11.6 Å². The fraction of sp³-hybridized carbons (Fsp3) is 0.872. The SMILES string of the molecule is CCC1O[C@@H](OC2[C@H](O[C@H]3CCC4(C)C5CC=C6C7CC(C)(C)CC[C@]7([C-]=O)[CH-]C[C@H]6[C@@]5(C)CC[C@H]4[C-]3C)OC(C)[C@@H](C)[C@@H]2C)C(C)[C@@H](C)[C@H]1C.[CH3-].[V].[W].[Y]. The van der Waals surface area contributed by atoms with Crippen molar-refractivity contribution in [2.75, 3.05) is 0 Å². The topological polar surface area (TPSA) is 54.0 Å². The first-order valence-electron chi connectivity index (χ1n) is 21.4. The van der Waals surface area contributed by atoms with Gasteiger partial charge in [-0.3, -0.25) is 17.6 Å². The molecule has 2 saturated heterocycles. The van der Waals surface area contributed by atoms with E-state index in [9.17, 15) is 4.79 Å². The molecule has 7 unspecified atom stereocenters. The number of allylic oxidation sites excluding steroid dienone is 2. The molecular formula is C47H76O5VWY-4. The van der Waals surface area contributed by atoms with Crippen molar-refractivity contribution in [3.63, 3.8) is 0 Å². The molecule has 0 N–H and O–H groups in total. The van der Waals surface area contributed by atoms with Gasteiger partial charge in [0.25, 0.3) is 0 Å². The summed E-state index contributed by atoms with van der Waals surface area (Å²) < 4.78 is 27.6. The van der Waals surface area contributed by atoms with Crippen LogP contribution >= 0.6 is 0 Å². The number of fused-ring (bicyclic) bond motifs is 7. The molecule has 7 aliphatic rings. The average molecular weight is 1040 g/mol. The largest absolute Gasteiger partial charge is 0.544 e. The summed E-state index contributed by atoms with van der Waals surface area (Å²) in [5.41, 5.74) is 2.03. The van der Waals surface area contributed by atoms with Crippen molar-refractivity contribution in [1.29, 1.82) is 0 Å². The van der Waals surface area contributed by atoms with Gasteiger partial charge < -0.3 is 37.6 Å². The molecule has 2 aliphatic heterocycles. The quantitative estimate of drug-likeness (QED) is 0.151. The number of hydrogen-bond donors (Lipinski definition) is 0. The van der Waals surface area contributed by atoms with Crippen molar-refractivity contribution in [3.8, 4) is 0 Å². The number of carbonyl (C=O) groups excluding carboxylic acids is 1. The van der Waals surface area contributed by atoms with Crippen molar-refractivity contribution in [2.45, 2.75) is 184 Å². The van der Waals surface area contributed by atoms with Crippen LogP contribution in [0.3, 0.4) is 0 Å². The summed E-state index contributed by atoms with van der Waals surface area (Å²) in [7, 11) is 0. The van der Waals surface area contributed by atoms with Gasteiger partial charge in [0, 0.05) is 78.2 Å². The maximum Gasteiger partial charge on any atom is 0.182 e. The maximum absolute atomic E-state index is 12.6. The van der Waals surface area contributed by atoms with Gasteiger partial charge >= 0.3 is 0 Å². The molecule has 0 amide bonds. The number of rotatable bonds is 6. The van der Waals surface area contributed by atoms with Crippen LogP contribution in [0.25, 0.3) is 0 Å². The summed E-state index contributed by atoms with van der Waals surface area (Å²) in [5.74, 6) is 5.62. The fourth-order valence-electron chi connectivity index (χ4n) is 13.5. The Balaban J connectivity index is 0.00000203. The molecule has 2 radical (unpaired) electrons. The first-order chi connectivity index (χ1) is 24.0. The van der Waals surface area contributed by atoms with Crippen LogP contribution < -0.4 is 0 Å². The van der Waals surface area contributed by atoms with Crippen LogP contribution in [-0.2, 0) is 96.1 Å². The van der Waals surface area contributed by atoms with Crippen molar-refractivity contribution < 1.29 is 96.1 Å². The minimum absolute atomic E-state index is 0. The normalized spacial score (nSPS) is 50.3. The monoisotopic (exact) mass is 1040 g/mol. The Labute approximate surface area is 389 Å². The van der Waals surface area contributed by atoms with Crippen LogP contribution in [0.2, 0.25) is 0 Å². The van der Waals surface area contributed by atoms with Gasteiger partial charge in [-0.15, -0.1) is 0 Å². The zero-order valence-electron chi connectivity index (χ0n) is 36.9. The molecule has 7 rings (SSSR count). The second-order valence-corrected chi connectivity index (χ2v) is 20.6. The van der Waals surface area contributed by atoms with Crippen LogP contribution in [0.5, 0.6) is 0 Å². The van der Waals surface area contributed by atoms with Gasteiger partial charge in [-0.05, 0) is 85.4 Å².